The fraction of sp³-hybridized carbons (Fsp3) is 0.312. The van der Waals surface area contributed by atoms with Gasteiger partial charge in [-0.25, -0.2) is 18.9 Å². The number of fused-ring (bicyclic) bond motifs is 1. The maximum atomic E-state index is 13.9. The third-order valence-corrected chi connectivity index (χ3v) is 4.08. The van der Waals surface area contributed by atoms with Gasteiger partial charge in [-0.1, -0.05) is 0 Å². The Labute approximate surface area is 133 Å². The zero-order valence-electron chi connectivity index (χ0n) is 12.8. The van der Waals surface area contributed by atoms with Gasteiger partial charge < -0.3 is 10.2 Å². The lowest BCUT2D eigenvalue weighted by atomic mass is 10.2. The molecule has 1 unspecified atom stereocenters. The van der Waals surface area contributed by atoms with Crippen LogP contribution in [0.1, 0.15) is 12.1 Å². The average Bonchev–Trinajstić information content (AvgIpc) is 3.14. The van der Waals surface area contributed by atoms with Crippen molar-refractivity contribution >= 4 is 17.2 Å². The van der Waals surface area contributed by atoms with Crippen molar-refractivity contribution in [3.8, 4) is 0 Å². The van der Waals surface area contributed by atoms with Crippen LogP contribution < -0.4 is 10.2 Å². The van der Waals surface area contributed by atoms with Crippen LogP contribution >= 0.6 is 0 Å². The summed E-state index contributed by atoms with van der Waals surface area (Å²) in [4.78, 5) is 10.5. The van der Waals surface area contributed by atoms with E-state index in [4.69, 9.17) is 0 Å². The topological polar surface area (TPSA) is 58.3 Å². The molecular weight excluding hydrogens is 295 g/mol. The first-order chi connectivity index (χ1) is 11.2. The van der Waals surface area contributed by atoms with Gasteiger partial charge in [0, 0.05) is 37.7 Å². The lowest BCUT2D eigenvalue weighted by molar-refractivity contribution is 0.615. The molecule has 0 spiro atoms. The van der Waals surface area contributed by atoms with E-state index in [2.05, 4.69) is 20.4 Å². The highest BCUT2D eigenvalue weighted by Gasteiger charge is 2.26. The molecule has 0 amide bonds. The molecule has 6 nitrogen and oxygen atoms in total. The van der Waals surface area contributed by atoms with E-state index in [1.807, 2.05) is 28.6 Å². The Morgan fingerprint density at radius 1 is 1.30 bits per heavy atom. The summed E-state index contributed by atoms with van der Waals surface area (Å²) in [6.07, 6.45) is 6.09. The number of nitrogens with one attached hydrogen (secondary N) is 1. The van der Waals surface area contributed by atoms with Crippen molar-refractivity contribution in [2.45, 2.75) is 19.4 Å². The highest BCUT2D eigenvalue weighted by atomic mass is 19.1. The number of halogens is 1. The minimum atomic E-state index is -0.278. The molecule has 0 aromatic carbocycles. The third-order valence-electron chi connectivity index (χ3n) is 4.08. The number of hydrogen-bond donors (Lipinski definition) is 1. The number of anilines is 2. The molecular formula is C16H17FN6. The van der Waals surface area contributed by atoms with Gasteiger partial charge >= 0.3 is 0 Å². The fourth-order valence-corrected chi connectivity index (χ4v) is 3.03. The molecule has 4 rings (SSSR count). The molecule has 1 aliphatic heterocycles. The number of nitrogens with zero attached hydrogens (tertiary/aromatic N) is 5. The van der Waals surface area contributed by atoms with E-state index in [0.717, 1.165) is 30.0 Å². The van der Waals surface area contributed by atoms with Crippen LogP contribution in [0.15, 0.2) is 36.8 Å². The summed E-state index contributed by atoms with van der Waals surface area (Å²) < 4.78 is 15.7. The van der Waals surface area contributed by atoms with E-state index in [9.17, 15) is 4.39 Å². The van der Waals surface area contributed by atoms with Crippen molar-refractivity contribution < 1.29 is 4.39 Å². The second-order valence-corrected chi connectivity index (χ2v) is 5.78. The third kappa shape index (κ3) is 2.58. The molecule has 0 radical (unpaired) electrons. The molecule has 1 fully saturated rings. The van der Waals surface area contributed by atoms with E-state index >= 15 is 0 Å². The van der Waals surface area contributed by atoms with Crippen LogP contribution in [0.5, 0.6) is 0 Å². The summed E-state index contributed by atoms with van der Waals surface area (Å²) in [5.41, 5.74) is 1.90. The molecule has 0 saturated carbocycles. The number of aryl methyl sites for hydroxylation is 1. The molecule has 4 heterocycles. The van der Waals surface area contributed by atoms with Crippen LogP contribution in [0.4, 0.5) is 16.0 Å². The first kappa shape index (κ1) is 13.9. The van der Waals surface area contributed by atoms with Gasteiger partial charge in [0.15, 0.2) is 17.5 Å². The summed E-state index contributed by atoms with van der Waals surface area (Å²) in [5, 5.41) is 7.84. The van der Waals surface area contributed by atoms with Gasteiger partial charge in [0.05, 0.1) is 5.69 Å². The van der Waals surface area contributed by atoms with Crippen molar-refractivity contribution in [3.63, 3.8) is 0 Å². The lowest BCUT2D eigenvalue weighted by Crippen LogP contribution is -2.27. The van der Waals surface area contributed by atoms with Gasteiger partial charge in [-0.2, -0.15) is 5.10 Å². The van der Waals surface area contributed by atoms with Crippen LogP contribution in [0.25, 0.3) is 5.52 Å². The lowest BCUT2D eigenvalue weighted by Gasteiger charge is -2.18. The largest absolute Gasteiger partial charge is 0.364 e. The monoisotopic (exact) mass is 312 g/mol. The number of aromatic nitrogens is 4. The Morgan fingerprint density at radius 2 is 2.22 bits per heavy atom. The minimum Gasteiger partial charge on any atom is -0.364 e. The van der Waals surface area contributed by atoms with E-state index in [-0.39, 0.29) is 11.9 Å². The highest BCUT2D eigenvalue weighted by Crippen LogP contribution is 2.23. The normalized spacial score (nSPS) is 17.8. The Balaban J connectivity index is 1.53. The molecule has 1 atom stereocenters. The molecule has 7 heteroatoms. The predicted octanol–water partition coefficient (Wildman–Crippen LogP) is 2.26. The van der Waals surface area contributed by atoms with Gasteiger partial charge in [-0.15, -0.1) is 0 Å². The highest BCUT2D eigenvalue weighted by molar-refractivity contribution is 5.68. The molecule has 23 heavy (non-hydrogen) atoms. The summed E-state index contributed by atoms with van der Waals surface area (Å²) >= 11 is 0. The molecule has 1 saturated heterocycles. The van der Waals surface area contributed by atoms with Gasteiger partial charge in [-0.3, -0.25) is 0 Å². The van der Waals surface area contributed by atoms with Crippen LogP contribution in [0, 0.1) is 12.7 Å². The van der Waals surface area contributed by atoms with Crippen LogP contribution in [0.3, 0.4) is 0 Å². The van der Waals surface area contributed by atoms with Crippen molar-refractivity contribution in [3.05, 3.63) is 48.3 Å². The molecule has 3 aromatic rings. The smallest absolute Gasteiger partial charge is 0.165 e. The molecule has 118 valence electrons. The van der Waals surface area contributed by atoms with Crippen molar-refractivity contribution in [2.75, 3.05) is 23.3 Å². The maximum Gasteiger partial charge on any atom is 0.165 e. The maximum absolute atomic E-state index is 13.9. The molecule has 3 aromatic heterocycles. The zero-order chi connectivity index (χ0) is 15.8. The van der Waals surface area contributed by atoms with Crippen molar-refractivity contribution in [1.82, 2.24) is 19.6 Å². The Hall–Kier alpha value is -2.70. The first-order valence-corrected chi connectivity index (χ1v) is 7.64. The second kappa shape index (κ2) is 5.49. The average molecular weight is 312 g/mol. The fourth-order valence-electron chi connectivity index (χ4n) is 3.03. The van der Waals surface area contributed by atoms with Gasteiger partial charge in [0.1, 0.15) is 5.52 Å². The first-order valence-electron chi connectivity index (χ1n) is 7.64. The summed E-state index contributed by atoms with van der Waals surface area (Å²) in [5.74, 6) is 0.949. The van der Waals surface area contributed by atoms with Gasteiger partial charge in [0.25, 0.3) is 0 Å². The molecule has 0 bridgehead atoms. The zero-order valence-corrected chi connectivity index (χ0v) is 12.8. The summed E-state index contributed by atoms with van der Waals surface area (Å²) in [6.45, 7) is 3.43. The predicted molar refractivity (Wildman–Crippen MR) is 86.2 cm³/mol. The van der Waals surface area contributed by atoms with E-state index in [1.165, 1.54) is 6.07 Å². The van der Waals surface area contributed by atoms with Crippen LogP contribution in [0.2, 0.25) is 0 Å². The summed E-state index contributed by atoms with van der Waals surface area (Å²) in [6, 6.07) is 5.25. The Morgan fingerprint density at radius 3 is 3.09 bits per heavy atom. The Kier molecular flexibility index (Phi) is 3.33. The van der Waals surface area contributed by atoms with Crippen LogP contribution in [-0.2, 0) is 0 Å². The quantitative estimate of drug-likeness (QED) is 0.804. The SMILES string of the molecule is Cc1cc2c(NC3CCN(c4ncccc4F)C3)nccn2n1. The summed E-state index contributed by atoms with van der Waals surface area (Å²) in [7, 11) is 0. The molecule has 1 aliphatic rings. The van der Waals surface area contributed by atoms with Crippen LogP contribution in [-0.4, -0.2) is 38.7 Å². The number of rotatable bonds is 3. The standard InChI is InChI=1S/C16H17FN6/c1-11-9-14-15(18-6-8-23(14)21-11)20-12-4-7-22(10-12)16-13(17)3-2-5-19-16/h2-3,5-6,8-9,12H,4,7,10H2,1H3,(H,18,20). The van der Waals surface area contributed by atoms with E-state index in [0.29, 0.717) is 12.4 Å². The molecule has 0 aliphatic carbocycles. The number of hydrogen-bond acceptors (Lipinski definition) is 5. The van der Waals surface area contributed by atoms with Gasteiger partial charge in [-0.05, 0) is 31.5 Å². The van der Waals surface area contributed by atoms with E-state index < -0.39 is 0 Å². The van der Waals surface area contributed by atoms with E-state index in [1.54, 1.807) is 18.5 Å². The molecule has 1 N–H and O–H groups in total. The van der Waals surface area contributed by atoms with Crippen molar-refractivity contribution in [2.24, 2.45) is 0 Å². The second-order valence-electron chi connectivity index (χ2n) is 5.78. The Bertz CT molecular complexity index is 845. The van der Waals surface area contributed by atoms with Crippen molar-refractivity contribution in [1.29, 1.82) is 0 Å². The number of pyridine rings is 1. The minimum absolute atomic E-state index is 0.199. The van der Waals surface area contributed by atoms with Gasteiger partial charge in [0.2, 0.25) is 0 Å².